The van der Waals surface area contributed by atoms with E-state index in [2.05, 4.69) is 30.3 Å². The molecule has 0 saturated carbocycles. The van der Waals surface area contributed by atoms with E-state index in [0.29, 0.717) is 12.2 Å². The fourth-order valence-electron chi connectivity index (χ4n) is 3.70. The van der Waals surface area contributed by atoms with E-state index in [9.17, 15) is 19.2 Å². The van der Waals surface area contributed by atoms with E-state index in [0.717, 1.165) is 22.2 Å². The van der Waals surface area contributed by atoms with E-state index < -0.39 is 23.6 Å². The van der Waals surface area contributed by atoms with Gasteiger partial charge in [0.25, 0.3) is 5.56 Å². The van der Waals surface area contributed by atoms with Gasteiger partial charge in [0, 0.05) is 32.1 Å². The largest absolute Gasteiger partial charge is 0.453 e. The third-order valence-corrected chi connectivity index (χ3v) is 5.63. The molecule has 0 aromatic carbocycles. The van der Waals surface area contributed by atoms with Crippen LogP contribution in [0.1, 0.15) is 38.1 Å². The highest BCUT2D eigenvalue weighted by molar-refractivity contribution is 5.96. The topological polar surface area (TPSA) is 151 Å². The maximum absolute atomic E-state index is 13.2. The zero-order chi connectivity index (χ0) is 28.5. The highest BCUT2D eigenvalue weighted by atomic mass is 16.5. The smallest absolute Gasteiger partial charge is 0.407 e. The van der Waals surface area contributed by atoms with E-state index in [1.807, 2.05) is 19.9 Å². The number of pyridine rings is 2. The van der Waals surface area contributed by atoms with Crippen molar-refractivity contribution in [1.29, 1.82) is 0 Å². The molecule has 0 bridgehead atoms. The van der Waals surface area contributed by atoms with Crippen molar-refractivity contribution in [2.75, 3.05) is 26.5 Å². The number of aromatic amines is 1. The van der Waals surface area contributed by atoms with Gasteiger partial charge in [0.15, 0.2) is 0 Å². The van der Waals surface area contributed by atoms with Crippen molar-refractivity contribution in [3.05, 3.63) is 70.2 Å². The number of allylic oxidation sites excluding steroid dienone is 2. The minimum Gasteiger partial charge on any atom is -0.453 e. The van der Waals surface area contributed by atoms with Gasteiger partial charge in [-0.3, -0.25) is 19.4 Å². The summed E-state index contributed by atoms with van der Waals surface area (Å²) in [5.74, 6) is -0.240. The van der Waals surface area contributed by atoms with Crippen molar-refractivity contribution < 1.29 is 19.1 Å². The number of fused-ring (bicyclic) bond motifs is 1. The lowest BCUT2D eigenvalue weighted by Gasteiger charge is -2.17. The average molecular weight is 536 g/mol. The Bertz CT molecular complexity index is 1460. The van der Waals surface area contributed by atoms with Crippen molar-refractivity contribution in [3.63, 3.8) is 0 Å². The van der Waals surface area contributed by atoms with Crippen LogP contribution in [0.2, 0.25) is 0 Å². The summed E-state index contributed by atoms with van der Waals surface area (Å²) in [5.41, 5.74) is 3.06. The van der Waals surface area contributed by atoms with Crippen LogP contribution in [0.15, 0.2) is 53.2 Å². The Morgan fingerprint density at radius 1 is 1.23 bits per heavy atom. The maximum atomic E-state index is 13.2. The van der Waals surface area contributed by atoms with Crippen LogP contribution in [0.4, 0.5) is 10.5 Å². The standard InChI is InChI=1S/C27H33N7O5/c1-17(2)13-18-14-28-15-21-24(18)32-22(29-21)16-34-12-8-10-20(26(34)37)30-25(36)19(31-27(38)39-5)9-6-7-11-23(35)33(3)4/h7-8,10-15,19H,6,9,16H2,1-5H3,(H,29,32)(H,30,36)(H,31,38). The van der Waals surface area contributed by atoms with E-state index >= 15 is 0 Å². The Balaban J connectivity index is 1.77. The highest BCUT2D eigenvalue weighted by Crippen LogP contribution is 2.18. The predicted octanol–water partition coefficient (Wildman–Crippen LogP) is 2.68. The molecule has 3 amide bonds. The number of hydrogen-bond acceptors (Lipinski definition) is 7. The second-order valence-electron chi connectivity index (χ2n) is 9.28. The molecule has 0 radical (unpaired) electrons. The number of hydrogen-bond donors (Lipinski definition) is 3. The Morgan fingerprint density at radius 3 is 2.69 bits per heavy atom. The molecule has 0 fully saturated rings. The first-order valence-corrected chi connectivity index (χ1v) is 12.3. The molecule has 12 nitrogen and oxygen atoms in total. The Kier molecular flexibility index (Phi) is 9.74. The fraction of sp³-hybridized carbons (Fsp3) is 0.333. The number of nitrogens with zero attached hydrogens (tertiary/aromatic N) is 4. The predicted molar refractivity (Wildman–Crippen MR) is 148 cm³/mol. The number of carbonyl (C=O) groups is 3. The molecule has 39 heavy (non-hydrogen) atoms. The molecule has 206 valence electrons. The summed E-state index contributed by atoms with van der Waals surface area (Å²) >= 11 is 0. The van der Waals surface area contributed by atoms with E-state index in [-0.39, 0.29) is 24.6 Å². The van der Waals surface area contributed by atoms with Crippen LogP contribution in [-0.2, 0) is 20.9 Å². The number of aromatic nitrogens is 4. The number of imidazole rings is 1. The molecule has 3 aromatic heterocycles. The summed E-state index contributed by atoms with van der Waals surface area (Å²) < 4.78 is 6.04. The number of likely N-dealkylation sites (N-methyl/N-ethyl adjacent to an activating group) is 1. The molecule has 1 atom stereocenters. The summed E-state index contributed by atoms with van der Waals surface area (Å²) in [5, 5.41) is 5.07. The Labute approximate surface area is 225 Å². The van der Waals surface area contributed by atoms with Crippen LogP contribution < -0.4 is 16.2 Å². The van der Waals surface area contributed by atoms with Gasteiger partial charge >= 0.3 is 6.09 Å². The molecule has 3 heterocycles. The molecule has 12 heteroatoms. The molecular formula is C27H33N7O5. The minimum atomic E-state index is -0.999. The number of H-pyrrole nitrogens is 1. The van der Waals surface area contributed by atoms with Gasteiger partial charge in [-0.1, -0.05) is 17.7 Å². The van der Waals surface area contributed by atoms with Gasteiger partial charge in [-0.2, -0.15) is 0 Å². The average Bonchev–Trinajstić information content (AvgIpc) is 3.31. The van der Waals surface area contributed by atoms with Gasteiger partial charge in [-0.15, -0.1) is 0 Å². The third kappa shape index (κ3) is 7.87. The van der Waals surface area contributed by atoms with Gasteiger partial charge in [0.05, 0.1) is 30.9 Å². The first kappa shape index (κ1) is 28.8. The normalized spacial score (nSPS) is 11.7. The van der Waals surface area contributed by atoms with Crippen molar-refractivity contribution in [2.24, 2.45) is 0 Å². The second kappa shape index (κ2) is 13.2. The summed E-state index contributed by atoms with van der Waals surface area (Å²) in [6.07, 6.45) is 9.71. The molecule has 3 rings (SSSR count). The third-order valence-electron chi connectivity index (χ3n) is 5.63. The quantitative estimate of drug-likeness (QED) is 0.338. The molecule has 0 aliphatic rings. The number of carbonyl (C=O) groups excluding carboxylic acids is 3. The fourth-order valence-corrected chi connectivity index (χ4v) is 3.70. The van der Waals surface area contributed by atoms with E-state index in [1.165, 1.54) is 28.7 Å². The lowest BCUT2D eigenvalue weighted by atomic mass is 10.1. The number of amides is 3. The summed E-state index contributed by atoms with van der Waals surface area (Å²) in [6.45, 7) is 4.11. The van der Waals surface area contributed by atoms with E-state index in [1.54, 1.807) is 44.8 Å². The Morgan fingerprint density at radius 2 is 2.00 bits per heavy atom. The second-order valence-corrected chi connectivity index (χ2v) is 9.28. The molecule has 0 spiro atoms. The minimum absolute atomic E-state index is 0.0421. The zero-order valence-electron chi connectivity index (χ0n) is 22.6. The summed E-state index contributed by atoms with van der Waals surface area (Å²) in [7, 11) is 4.44. The van der Waals surface area contributed by atoms with Crippen LogP contribution in [0.3, 0.4) is 0 Å². The first-order chi connectivity index (χ1) is 18.6. The molecule has 0 saturated heterocycles. The van der Waals surface area contributed by atoms with Gasteiger partial charge in [0.2, 0.25) is 11.8 Å². The SMILES string of the molecule is COC(=O)NC(CCC=CC(=O)N(C)C)C(=O)Nc1cccn(Cc2nc3c(C=C(C)C)cncc3[nH]2)c1=O. The number of anilines is 1. The number of alkyl carbamates (subject to hydrolysis) is 1. The van der Waals surface area contributed by atoms with Crippen LogP contribution in [0.25, 0.3) is 17.1 Å². The van der Waals surface area contributed by atoms with Crippen molar-refractivity contribution in [3.8, 4) is 0 Å². The molecular weight excluding hydrogens is 502 g/mol. The van der Waals surface area contributed by atoms with Crippen LogP contribution in [0.5, 0.6) is 0 Å². The van der Waals surface area contributed by atoms with Crippen LogP contribution in [-0.4, -0.2) is 69.6 Å². The van der Waals surface area contributed by atoms with Gasteiger partial charge in [0.1, 0.15) is 17.6 Å². The molecule has 3 N–H and O–H groups in total. The van der Waals surface area contributed by atoms with Crippen molar-refractivity contribution in [1.82, 2.24) is 29.7 Å². The molecule has 0 aliphatic carbocycles. The molecule has 1 unspecified atom stereocenters. The van der Waals surface area contributed by atoms with Gasteiger partial charge in [-0.05, 0) is 44.9 Å². The van der Waals surface area contributed by atoms with Crippen molar-refractivity contribution >= 4 is 40.7 Å². The summed E-state index contributed by atoms with van der Waals surface area (Å²) in [6, 6.07) is 2.12. The zero-order valence-corrected chi connectivity index (χ0v) is 22.6. The van der Waals surface area contributed by atoms with Crippen molar-refractivity contribution in [2.45, 2.75) is 39.3 Å². The lowest BCUT2D eigenvalue weighted by molar-refractivity contribution is -0.123. The number of rotatable bonds is 10. The monoisotopic (exact) mass is 535 g/mol. The lowest BCUT2D eigenvalue weighted by Crippen LogP contribution is -2.44. The maximum Gasteiger partial charge on any atom is 0.407 e. The van der Waals surface area contributed by atoms with Gasteiger partial charge < -0.3 is 29.8 Å². The van der Waals surface area contributed by atoms with Gasteiger partial charge in [-0.25, -0.2) is 9.78 Å². The number of ether oxygens (including phenoxy) is 1. The summed E-state index contributed by atoms with van der Waals surface area (Å²) in [4.78, 5) is 63.2. The molecule has 3 aromatic rings. The number of nitrogens with one attached hydrogen (secondary N) is 3. The number of methoxy groups -OCH3 is 1. The van der Waals surface area contributed by atoms with Crippen LogP contribution in [0, 0.1) is 0 Å². The highest BCUT2D eigenvalue weighted by Gasteiger charge is 2.22. The van der Waals surface area contributed by atoms with Crippen LogP contribution >= 0.6 is 0 Å². The van der Waals surface area contributed by atoms with E-state index in [4.69, 9.17) is 0 Å². The Hall–Kier alpha value is -4.74. The first-order valence-electron chi connectivity index (χ1n) is 12.3. The molecule has 0 aliphatic heterocycles.